The van der Waals surface area contributed by atoms with Crippen molar-refractivity contribution < 1.29 is 56.3 Å². The van der Waals surface area contributed by atoms with Gasteiger partial charge in [-0.15, -0.1) is 0 Å². The van der Waals surface area contributed by atoms with Crippen LogP contribution in [0, 0.1) is 6.92 Å². The summed E-state index contributed by atoms with van der Waals surface area (Å²) in [5, 5.41) is 10.1. The van der Waals surface area contributed by atoms with E-state index in [1.54, 1.807) is 0 Å². The smallest absolute Gasteiger partial charge is 0.390 e. The Balaban J connectivity index is 2.10. The third-order valence-corrected chi connectivity index (χ3v) is 7.63. The summed E-state index contributed by atoms with van der Waals surface area (Å²) in [6.45, 7) is 3.90. The molecule has 2 heterocycles. The van der Waals surface area contributed by atoms with Crippen molar-refractivity contribution >= 4 is 29.7 Å². The van der Waals surface area contributed by atoms with Crippen molar-refractivity contribution in [3.05, 3.63) is 39.2 Å². The lowest BCUT2D eigenvalue weighted by molar-refractivity contribution is -0.0452. The summed E-state index contributed by atoms with van der Waals surface area (Å²) in [4.78, 5) is 59.8. The second-order valence-corrected chi connectivity index (χ2v) is 10.6. The molecule has 0 saturated carbocycles. The molecule has 1 aliphatic rings. The maximum atomic E-state index is 12.4. The number of rotatable bonds is 9. The zero-order chi connectivity index (χ0) is 23.8. The first kappa shape index (κ1) is 26.0. The molecule has 0 spiro atoms. The van der Waals surface area contributed by atoms with Crippen molar-refractivity contribution in [2.45, 2.75) is 31.8 Å². The normalized spacial score (nSPS) is 25.7. The van der Waals surface area contributed by atoms with Crippen molar-refractivity contribution in [1.82, 2.24) is 9.13 Å². The predicted octanol–water partition coefficient (Wildman–Crippen LogP) is -0.589. The van der Waals surface area contributed by atoms with Gasteiger partial charge in [0.25, 0.3) is 5.56 Å². The second-order valence-electron chi connectivity index (χ2n) is 6.18. The first-order valence-corrected chi connectivity index (χ1v) is 12.7. The fourth-order valence-electron chi connectivity index (χ4n) is 2.59. The Kier molecular flexibility index (Phi) is 7.81. The molecule has 0 bridgehead atoms. The van der Waals surface area contributed by atoms with Gasteiger partial charge in [-0.25, -0.2) is 23.1 Å². The van der Waals surface area contributed by atoms with Gasteiger partial charge in [0.15, 0.2) is 0 Å². The van der Waals surface area contributed by atoms with E-state index >= 15 is 0 Å². The van der Waals surface area contributed by atoms with Crippen LogP contribution < -0.4 is 11.2 Å². The SMILES string of the molecule is C=Cn1c(=O)c(C)cn([C@H]2C[C@@H](O)[C@@H](COP(=O)(O)OP(=O)(O)OP(=O)(O)O)O2)c1=O. The molecular formula is C12H19N2O14P3. The Morgan fingerprint density at radius 3 is 2.35 bits per heavy atom. The number of hydrogen-bond acceptors (Lipinski definition) is 10. The highest BCUT2D eigenvalue weighted by Crippen LogP contribution is 2.66. The quantitative estimate of drug-likeness (QED) is 0.262. The third-order valence-electron chi connectivity index (χ3n) is 3.83. The van der Waals surface area contributed by atoms with E-state index in [2.05, 4.69) is 19.7 Å². The summed E-state index contributed by atoms with van der Waals surface area (Å²) in [6.07, 6.45) is -1.79. The van der Waals surface area contributed by atoms with Crippen LogP contribution in [-0.4, -0.2) is 52.6 Å². The number of phosphoric acid groups is 3. The van der Waals surface area contributed by atoms with Crippen LogP contribution in [-0.2, 0) is 31.6 Å². The van der Waals surface area contributed by atoms with Crippen LogP contribution in [0.2, 0.25) is 0 Å². The van der Waals surface area contributed by atoms with E-state index in [1.165, 1.54) is 13.1 Å². The van der Waals surface area contributed by atoms with Crippen LogP contribution in [0.15, 0.2) is 22.4 Å². The van der Waals surface area contributed by atoms with Gasteiger partial charge in [-0.05, 0) is 6.92 Å². The van der Waals surface area contributed by atoms with Crippen LogP contribution >= 0.6 is 23.5 Å². The van der Waals surface area contributed by atoms with Crippen molar-refractivity contribution in [1.29, 1.82) is 0 Å². The predicted molar refractivity (Wildman–Crippen MR) is 100 cm³/mol. The third kappa shape index (κ3) is 6.86. The molecule has 0 aliphatic carbocycles. The molecule has 0 amide bonds. The summed E-state index contributed by atoms with van der Waals surface area (Å²) >= 11 is 0. The van der Waals surface area contributed by atoms with Gasteiger partial charge in [0, 0.05) is 24.4 Å². The lowest BCUT2D eigenvalue weighted by Crippen LogP contribution is -2.39. The topological polar surface area (TPSA) is 233 Å². The van der Waals surface area contributed by atoms with Crippen LogP contribution in [0.25, 0.3) is 6.20 Å². The van der Waals surface area contributed by atoms with Crippen molar-refractivity contribution in [2.24, 2.45) is 0 Å². The highest BCUT2D eigenvalue weighted by molar-refractivity contribution is 7.66. The van der Waals surface area contributed by atoms with Gasteiger partial charge >= 0.3 is 29.2 Å². The van der Waals surface area contributed by atoms with Gasteiger partial charge in [-0.2, -0.15) is 8.62 Å². The largest absolute Gasteiger partial charge is 0.490 e. The van der Waals surface area contributed by atoms with E-state index in [1.807, 2.05) is 0 Å². The Hall–Kier alpha value is -1.25. The number of aryl methyl sites for hydroxylation is 1. The zero-order valence-corrected chi connectivity index (χ0v) is 18.3. The first-order valence-electron chi connectivity index (χ1n) is 8.14. The molecule has 176 valence electrons. The molecule has 1 aromatic rings. The summed E-state index contributed by atoms with van der Waals surface area (Å²) in [6, 6.07) is 0. The maximum absolute atomic E-state index is 12.4. The van der Waals surface area contributed by atoms with Gasteiger partial charge in [0.05, 0.1) is 12.7 Å². The molecule has 1 aliphatic heterocycles. The Morgan fingerprint density at radius 2 is 1.81 bits per heavy atom. The highest BCUT2D eigenvalue weighted by atomic mass is 31.3. The van der Waals surface area contributed by atoms with Crippen LogP contribution in [0.4, 0.5) is 0 Å². The lowest BCUT2D eigenvalue weighted by atomic mass is 10.2. The summed E-state index contributed by atoms with van der Waals surface area (Å²) < 4.78 is 52.3. The van der Waals surface area contributed by atoms with Crippen LogP contribution in [0.3, 0.4) is 0 Å². The maximum Gasteiger partial charge on any atom is 0.490 e. The number of phosphoric ester groups is 1. The summed E-state index contributed by atoms with van der Waals surface area (Å²) in [5.41, 5.74) is -1.27. The monoisotopic (exact) mass is 508 g/mol. The minimum absolute atomic E-state index is 0.161. The number of nitrogens with zero attached hydrogens (tertiary/aromatic N) is 2. The molecule has 0 radical (unpaired) electrons. The minimum atomic E-state index is -5.69. The molecule has 1 aromatic heterocycles. The van der Waals surface area contributed by atoms with Gasteiger partial charge in [0.2, 0.25) is 0 Å². The van der Waals surface area contributed by atoms with E-state index in [0.717, 1.165) is 10.8 Å². The van der Waals surface area contributed by atoms with E-state index in [-0.39, 0.29) is 12.0 Å². The molecule has 19 heteroatoms. The van der Waals surface area contributed by atoms with Crippen molar-refractivity contribution in [3.8, 4) is 0 Å². The molecular weight excluding hydrogens is 489 g/mol. The molecule has 0 aromatic carbocycles. The molecule has 2 rings (SSSR count). The fraction of sp³-hybridized carbons (Fsp3) is 0.500. The Bertz CT molecular complexity index is 1100. The number of aliphatic hydroxyl groups is 1. The molecule has 16 nitrogen and oxygen atoms in total. The van der Waals surface area contributed by atoms with Crippen molar-refractivity contribution in [2.75, 3.05) is 6.61 Å². The van der Waals surface area contributed by atoms with Crippen molar-refractivity contribution in [3.63, 3.8) is 0 Å². The number of hydrogen-bond donors (Lipinski definition) is 5. The van der Waals surface area contributed by atoms with Gasteiger partial charge < -0.3 is 29.4 Å². The first-order chi connectivity index (χ1) is 14.1. The van der Waals surface area contributed by atoms with E-state index in [4.69, 9.17) is 19.4 Å². The van der Waals surface area contributed by atoms with Crippen LogP contribution in [0.1, 0.15) is 18.2 Å². The summed E-state index contributed by atoms with van der Waals surface area (Å²) in [5.74, 6) is 0. The van der Waals surface area contributed by atoms with E-state index in [0.29, 0.717) is 4.57 Å². The van der Waals surface area contributed by atoms with E-state index < -0.39 is 59.8 Å². The molecule has 5 N–H and O–H groups in total. The number of ether oxygens (including phenoxy) is 1. The Labute approximate surface area is 173 Å². The van der Waals surface area contributed by atoms with Gasteiger partial charge in [-0.1, -0.05) is 6.58 Å². The molecule has 1 fully saturated rings. The fourth-order valence-corrected chi connectivity index (χ4v) is 5.62. The summed E-state index contributed by atoms with van der Waals surface area (Å²) in [7, 11) is -16.6. The number of aliphatic hydroxyl groups excluding tert-OH is 1. The van der Waals surface area contributed by atoms with Gasteiger partial charge in [0.1, 0.15) is 12.3 Å². The van der Waals surface area contributed by atoms with Crippen LogP contribution in [0.5, 0.6) is 0 Å². The lowest BCUT2D eigenvalue weighted by Gasteiger charge is -2.19. The van der Waals surface area contributed by atoms with E-state index in [9.17, 15) is 33.3 Å². The zero-order valence-electron chi connectivity index (χ0n) is 15.7. The molecule has 2 unspecified atom stereocenters. The Morgan fingerprint density at radius 1 is 1.19 bits per heavy atom. The number of aromatic nitrogens is 2. The molecule has 31 heavy (non-hydrogen) atoms. The average molecular weight is 508 g/mol. The average Bonchev–Trinajstić information content (AvgIpc) is 2.94. The van der Waals surface area contributed by atoms with Gasteiger partial charge in [-0.3, -0.25) is 13.9 Å². The molecule has 5 atom stereocenters. The minimum Gasteiger partial charge on any atom is -0.390 e. The highest BCUT2D eigenvalue weighted by Gasteiger charge is 2.43. The second kappa shape index (κ2) is 9.32. The molecule has 1 saturated heterocycles. The standard InChI is InChI=1S/C12H19N2O14P3/c1-3-13-11(16)7(2)5-14(12(13)17)10-4-8(15)9(26-10)6-25-30(21,22)28-31(23,24)27-29(18,19)20/h3,5,8-10,15H,1,4,6H2,2H3,(H,21,22)(H,23,24)(H2,18,19,20)/t8-,9-,10-/m1/s1.